The lowest BCUT2D eigenvalue weighted by Crippen LogP contribution is -1.98. The zero-order valence-electron chi connectivity index (χ0n) is 13.2. The highest BCUT2D eigenvalue weighted by Gasteiger charge is 2.10. The minimum Gasteiger partial charge on any atom is -0.496 e. The molecule has 0 bridgehead atoms. The van der Waals surface area contributed by atoms with Gasteiger partial charge in [-0.15, -0.1) is 0 Å². The van der Waals surface area contributed by atoms with Crippen LogP contribution in [0, 0.1) is 6.92 Å². The summed E-state index contributed by atoms with van der Waals surface area (Å²) in [6, 6.07) is 6.34. The third kappa shape index (κ3) is 7.00. The van der Waals surface area contributed by atoms with E-state index in [4.69, 9.17) is 4.74 Å². The first-order chi connectivity index (χ1) is 8.93. The second-order valence-electron chi connectivity index (χ2n) is 5.13. The summed E-state index contributed by atoms with van der Waals surface area (Å²) in [5.74, 6) is 1.82. The van der Waals surface area contributed by atoms with Crippen molar-refractivity contribution >= 4 is 5.78 Å². The lowest BCUT2D eigenvalue weighted by atomic mass is 9.92. The summed E-state index contributed by atoms with van der Waals surface area (Å²) < 4.78 is 5.34. The van der Waals surface area contributed by atoms with Crippen LogP contribution >= 0.6 is 0 Å². The van der Waals surface area contributed by atoms with Crippen molar-refractivity contribution in [3.63, 3.8) is 0 Å². The van der Waals surface area contributed by atoms with E-state index in [1.165, 1.54) is 44.2 Å². The van der Waals surface area contributed by atoms with Crippen molar-refractivity contribution in [3.8, 4) is 5.75 Å². The van der Waals surface area contributed by atoms with Gasteiger partial charge in [0, 0.05) is 0 Å². The summed E-state index contributed by atoms with van der Waals surface area (Å²) in [6.45, 7) is 9.75. The maximum atomic E-state index is 9.44. The third-order valence-electron chi connectivity index (χ3n) is 3.07. The number of ketones is 1. The van der Waals surface area contributed by atoms with Gasteiger partial charge in [-0.3, -0.25) is 0 Å². The molecule has 1 aromatic carbocycles. The Morgan fingerprint density at radius 3 is 2.37 bits per heavy atom. The maximum absolute atomic E-state index is 9.44. The summed E-state index contributed by atoms with van der Waals surface area (Å²) in [5, 5.41) is 0. The van der Waals surface area contributed by atoms with Crippen LogP contribution in [-0.2, 0) is 4.79 Å². The van der Waals surface area contributed by atoms with Crippen LogP contribution in [-0.4, -0.2) is 12.9 Å². The molecule has 0 aliphatic rings. The Kier molecular flexibility index (Phi) is 8.94. The Labute approximate surface area is 118 Å². The van der Waals surface area contributed by atoms with Crippen LogP contribution in [0.5, 0.6) is 5.75 Å². The SMILES string of the molecule is CC(C)=O.CCCC[C@H](C)c1cccc(OC)c1C. The number of methoxy groups -OCH3 is 1. The van der Waals surface area contributed by atoms with Gasteiger partial charge in [0.05, 0.1) is 7.11 Å². The molecule has 1 aromatic rings. The van der Waals surface area contributed by atoms with Gasteiger partial charge >= 0.3 is 0 Å². The highest BCUT2D eigenvalue weighted by molar-refractivity contribution is 5.72. The maximum Gasteiger partial charge on any atom is 0.126 e. The quantitative estimate of drug-likeness (QED) is 0.756. The van der Waals surface area contributed by atoms with E-state index in [0.29, 0.717) is 5.92 Å². The van der Waals surface area contributed by atoms with Crippen molar-refractivity contribution in [1.82, 2.24) is 0 Å². The minimum atomic E-state index is 0.167. The number of carbonyl (C=O) groups is 1. The van der Waals surface area contributed by atoms with Crippen molar-refractivity contribution < 1.29 is 9.53 Å². The summed E-state index contributed by atoms with van der Waals surface area (Å²) in [7, 11) is 1.74. The second kappa shape index (κ2) is 9.60. The van der Waals surface area contributed by atoms with Gasteiger partial charge in [0.1, 0.15) is 11.5 Å². The van der Waals surface area contributed by atoms with E-state index in [9.17, 15) is 4.79 Å². The van der Waals surface area contributed by atoms with Gasteiger partial charge in [-0.05, 0) is 50.3 Å². The fourth-order valence-electron chi connectivity index (χ4n) is 2.05. The highest BCUT2D eigenvalue weighted by Crippen LogP contribution is 2.29. The molecule has 0 amide bonds. The Bertz CT molecular complexity index is 379. The van der Waals surface area contributed by atoms with Crippen LogP contribution in [0.4, 0.5) is 0 Å². The molecule has 0 aliphatic heterocycles. The van der Waals surface area contributed by atoms with E-state index >= 15 is 0 Å². The fraction of sp³-hybridized carbons (Fsp3) is 0.588. The molecule has 0 heterocycles. The van der Waals surface area contributed by atoms with E-state index in [0.717, 1.165) is 5.75 Å². The number of benzene rings is 1. The molecule has 1 rings (SSSR count). The fourth-order valence-corrected chi connectivity index (χ4v) is 2.05. The number of hydrogen-bond acceptors (Lipinski definition) is 2. The first-order valence-electron chi connectivity index (χ1n) is 7.04. The van der Waals surface area contributed by atoms with Crippen LogP contribution in [0.25, 0.3) is 0 Å². The minimum absolute atomic E-state index is 0.167. The number of unbranched alkanes of at least 4 members (excludes halogenated alkanes) is 1. The topological polar surface area (TPSA) is 26.3 Å². The zero-order chi connectivity index (χ0) is 14.8. The van der Waals surface area contributed by atoms with Crippen molar-refractivity contribution in [3.05, 3.63) is 29.3 Å². The van der Waals surface area contributed by atoms with E-state index in [2.05, 4.69) is 32.9 Å². The van der Waals surface area contributed by atoms with E-state index in [1.54, 1.807) is 7.11 Å². The molecule has 0 aromatic heterocycles. The first-order valence-corrected chi connectivity index (χ1v) is 7.04. The summed E-state index contributed by atoms with van der Waals surface area (Å²) >= 11 is 0. The molecule has 0 aliphatic carbocycles. The largest absolute Gasteiger partial charge is 0.496 e. The van der Waals surface area contributed by atoms with Gasteiger partial charge in [-0.25, -0.2) is 0 Å². The predicted molar refractivity (Wildman–Crippen MR) is 82.0 cm³/mol. The smallest absolute Gasteiger partial charge is 0.126 e. The van der Waals surface area contributed by atoms with E-state index in [-0.39, 0.29) is 5.78 Å². The molecule has 0 fully saturated rings. The molecule has 108 valence electrons. The van der Waals surface area contributed by atoms with Gasteiger partial charge in [0.15, 0.2) is 0 Å². The monoisotopic (exact) mass is 264 g/mol. The normalized spacial score (nSPS) is 11.3. The van der Waals surface area contributed by atoms with Gasteiger partial charge in [-0.1, -0.05) is 38.8 Å². The van der Waals surface area contributed by atoms with E-state index in [1.807, 2.05) is 6.07 Å². The average Bonchev–Trinajstić information content (AvgIpc) is 2.35. The molecular formula is C17H28O2. The zero-order valence-corrected chi connectivity index (χ0v) is 13.2. The van der Waals surface area contributed by atoms with Crippen LogP contribution < -0.4 is 4.74 Å². The average molecular weight is 264 g/mol. The molecule has 0 radical (unpaired) electrons. The molecule has 0 unspecified atom stereocenters. The number of Topliss-reactive ketones (excluding diaryl/α,β-unsaturated/α-hetero) is 1. The van der Waals surface area contributed by atoms with Crippen molar-refractivity contribution in [2.75, 3.05) is 7.11 Å². The number of hydrogen-bond donors (Lipinski definition) is 0. The summed E-state index contributed by atoms with van der Waals surface area (Å²) in [5.41, 5.74) is 2.73. The lowest BCUT2D eigenvalue weighted by Gasteiger charge is -2.16. The Balaban J connectivity index is 0.000000711. The van der Waals surface area contributed by atoms with Gasteiger partial charge < -0.3 is 9.53 Å². The lowest BCUT2D eigenvalue weighted by molar-refractivity contribution is -0.114. The molecule has 0 saturated heterocycles. The Morgan fingerprint density at radius 1 is 1.32 bits per heavy atom. The standard InChI is InChI=1S/C14H22O.C3H6O/c1-5-6-8-11(2)13-9-7-10-14(15-4)12(13)3;1-3(2)4/h7,9-11H,5-6,8H2,1-4H3;1-2H3/t11-;/m0./s1. The molecular weight excluding hydrogens is 236 g/mol. The van der Waals surface area contributed by atoms with Crippen LogP contribution in [0.15, 0.2) is 18.2 Å². The van der Waals surface area contributed by atoms with E-state index < -0.39 is 0 Å². The van der Waals surface area contributed by atoms with Crippen molar-refractivity contribution in [2.45, 2.75) is 59.8 Å². The van der Waals surface area contributed by atoms with Crippen LogP contribution in [0.2, 0.25) is 0 Å². The highest BCUT2D eigenvalue weighted by atomic mass is 16.5. The third-order valence-corrected chi connectivity index (χ3v) is 3.07. The molecule has 0 saturated carbocycles. The number of ether oxygens (including phenoxy) is 1. The summed E-state index contributed by atoms with van der Waals surface area (Å²) in [4.78, 5) is 9.44. The molecule has 1 atom stereocenters. The molecule has 2 nitrogen and oxygen atoms in total. The molecule has 19 heavy (non-hydrogen) atoms. The Hall–Kier alpha value is -1.31. The van der Waals surface area contributed by atoms with Crippen LogP contribution in [0.1, 0.15) is 64.0 Å². The van der Waals surface area contributed by atoms with Gasteiger partial charge in [0.2, 0.25) is 0 Å². The van der Waals surface area contributed by atoms with Gasteiger partial charge in [0.25, 0.3) is 0 Å². The second-order valence-corrected chi connectivity index (χ2v) is 5.13. The molecule has 2 heteroatoms. The van der Waals surface area contributed by atoms with Crippen LogP contribution in [0.3, 0.4) is 0 Å². The van der Waals surface area contributed by atoms with Crippen molar-refractivity contribution in [2.24, 2.45) is 0 Å². The predicted octanol–water partition coefficient (Wildman–Crippen LogP) is 4.89. The number of rotatable bonds is 5. The number of carbonyl (C=O) groups excluding carboxylic acids is 1. The summed E-state index contributed by atoms with van der Waals surface area (Å²) in [6.07, 6.45) is 3.84. The Morgan fingerprint density at radius 2 is 1.89 bits per heavy atom. The first kappa shape index (κ1) is 17.7. The van der Waals surface area contributed by atoms with Gasteiger partial charge in [-0.2, -0.15) is 0 Å². The van der Waals surface area contributed by atoms with Crippen molar-refractivity contribution in [1.29, 1.82) is 0 Å². The molecule has 0 spiro atoms. The molecule has 0 N–H and O–H groups in total.